The van der Waals surface area contributed by atoms with Crippen molar-refractivity contribution in [1.82, 2.24) is 0 Å². The summed E-state index contributed by atoms with van der Waals surface area (Å²) in [4.78, 5) is 24.3. The van der Waals surface area contributed by atoms with Gasteiger partial charge in [0.1, 0.15) is 5.82 Å². The van der Waals surface area contributed by atoms with Crippen molar-refractivity contribution >= 4 is 39.7 Å². The van der Waals surface area contributed by atoms with E-state index in [9.17, 15) is 14.0 Å². The lowest BCUT2D eigenvalue weighted by Gasteiger charge is -2.12. The number of amides is 3. The first-order chi connectivity index (χ1) is 12.1. The summed E-state index contributed by atoms with van der Waals surface area (Å²) in [5.74, 6) is -1.20. The summed E-state index contributed by atoms with van der Waals surface area (Å²) >= 11 is 1.39. The Labute approximate surface area is 147 Å². The van der Waals surface area contributed by atoms with Crippen LogP contribution < -0.4 is 16.0 Å². The second-order valence-corrected chi connectivity index (χ2v) is 5.98. The largest absolute Gasteiger partial charge is 0.324 e. The zero-order valence-corrected chi connectivity index (χ0v) is 13.8. The second kappa shape index (κ2) is 7.59. The van der Waals surface area contributed by atoms with E-state index in [1.165, 1.54) is 29.5 Å². The number of hydrogen-bond acceptors (Lipinski definition) is 3. The minimum atomic E-state index is -0.610. The molecule has 0 aliphatic heterocycles. The minimum Gasteiger partial charge on any atom is -0.320 e. The van der Waals surface area contributed by atoms with Crippen molar-refractivity contribution in [3.8, 4) is 0 Å². The molecule has 3 aromatic rings. The van der Waals surface area contributed by atoms with Crippen LogP contribution in [0.25, 0.3) is 0 Å². The van der Waals surface area contributed by atoms with Gasteiger partial charge in [-0.05, 0) is 41.8 Å². The predicted molar refractivity (Wildman–Crippen MR) is 97.8 cm³/mol. The fourth-order valence-corrected chi connectivity index (χ4v) is 2.76. The Morgan fingerprint density at radius 2 is 1.48 bits per heavy atom. The molecule has 3 rings (SSSR count). The molecule has 1 aromatic heterocycles. The maximum Gasteiger partial charge on any atom is 0.324 e. The van der Waals surface area contributed by atoms with Gasteiger partial charge < -0.3 is 10.6 Å². The molecule has 0 aliphatic rings. The first kappa shape index (κ1) is 16.7. The molecule has 0 fully saturated rings. The molecule has 3 N–H and O–H groups in total. The van der Waals surface area contributed by atoms with Crippen LogP contribution in [-0.4, -0.2) is 11.9 Å². The average Bonchev–Trinajstić information content (AvgIpc) is 3.10. The van der Waals surface area contributed by atoms with Crippen LogP contribution in [0, 0.1) is 5.82 Å². The van der Waals surface area contributed by atoms with Gasteiger partial charge in [-0.2, -0.15) is 0 Å². The highest BCUT2D eigenvalue weighted by Crippen LogP contribution is 2.23. The van der Waals surface area contributed by atoms with Crippen molar-refractivity contribution in [3.63, 3.8) is 0 Å². The van der Waals surface area contributed by atoms with E-state index in [2.05, 4.69) is 16.0 Å². The number of thiophene rings is 1. The lowest BCUT2D eigenvalue weighted by molar-refractivity contribution is 0.102. The summed E-state index contributed by atoms with van der Waals surface area (Å²) in [5, 5.41) is 10.5. The SMILES string of the molecule is O=C(Nc1cccs1)Nc1ccccc1NC(=O)c1ccccc1F. The van der Waals surface area contributed by atoms with Crippen LogP contribution in [0.4, 0.5) is 25.6 Å². The maximum absolute atomic E-state index is 13.7. The molecule has 2 aromatic carbocycles. The summed E-state index contributed by atoms with van der Waals surface area (Å²) in [7, 11) is 0. The molecule has 1 heterocycles. The van der Waals surface area contributed by atoms with Gasteiger partial charge in [0.2, 0.25) is 0 Å². The topological polar surface area (TPSA) is 70.2 Å². The van der Waals surface area contributed by atoms with Crippen LogP contribution >= 0.6 is 11.3 Å². The van der Waals surface area contributed by atoms with E-state index in [1.54, 1.807) is 36.4 Å². The number of halogens is 1. The standard InChI is InChI=1S/C18H14FN3O2S/c19-13-7-2-1-6-12(13)17(23)20-14-8-3-4-9-15(14)21-18(24)22-16-10-5-11-25-16/h1-11H,(H,20,23)(H2,21,22,24). The predicted octanol–water partition coefficient (Wildman–Crippen LogP) is 4.78. The number of carbonyl (C=O) groups is 2. The number of rotatable bonds is 4. The van der Waals surface area contributed by atoms with Crippen molar-refractivity contribution in [2.24, 2.45) is 0 Å². The zero-order chi connectivity index (χ0) is 17.6. The van der Waals surface area contributed by atoms with Gasteiger partial charge in [-0.3, -0.25) is 10.1 Å². The van der Waals surface area contributed by atoms with Crippen LogP contribution in [-0.2, 0) is 0 Å². The third-order valence-electron chi connectivity index (χ3n) is 3.30. The minimum absolute atomic E-state index is 0.0691. The van der Waals surface area contributed by atoms with Gasteiger partial charge >= 0.3 is 6.03 Å². The molecule has 0 aliphatic carbocycles. The van der Waals surface area contributed by atoms with Crippen LogP contribution in [0.15, 0.2) is 66.0 Å². The van der Waals surface area contributed by atoms with Crippen LogP contribution in [0.2, 0.25) is 0 Å². The van der Waals surface area contributed by atoms with Gasteiger partial charge in [0.05, 0.1) is 21.9 Å². The molecule has 0 radical (unpaired) electrons. The van der Waals surface area contributed by atoms with E-state index in [4.69, 9.17) is 0 Å². The molecular formula is C18H14FN3O2S. The molecule has 126 valence electrons. The van der Waals surface area contributed by atoms with E-state index in [-0.39, 0.29) is 5.56 Å². The highest BCUT2D eigenvalue weighted by molar-refractivity contribution is 7.14. The van der Waals surface area contributed by atoms with Crippen molar-refractivity contribution in [3.05, 3.63) is 77.4 Å². The molecule has 0 bridgehead atoms. The summed E-state index contributed by atoms with van der Waals surface area (Å²) in [5.41, 5.74) is 0.707. The fourth-order valence-electron chi connectivity index (χ4n) is 2.15. The monoisotopic (exact) mass is 355 g/mol. The summed E-state index contributed by atoms with van der Waals surface area (Å²) in [6, 6.07) is 15.6. The molecular weight excluding hydrogens is 341 g/mol. The molecule has 25 heavy (non-hydrogen) atoms. The van der Waals surface area contributed by atoms with Crippen molar-refractivity contribution < 1.29 is 14.0 Å². The smallest absolute Gasteiger partial charge is 0.320 e. The number of nitrogens with one attached hydrogen (secondary N) is 3. The van der Waals surface area contributed by atoms with E-state index < -0.39 is 17.8 Å². The Morgan fingerprint density at radius 3 is 2.16 bits per heavy atom. The lowest BCUT2D eigenvalue weighted by Crippen LogP contribution is -2.21. The molecule has 0 spiro atoms. The van der Waals surface area contributed by atoms with Gasteiger partial charge in [-0.15, -0.1) is 11.3 Å². The zero-order valence-electron chi connectivity index (χ0n) is 13.0. The number of anilines is 3. The Bertz CT molecular complexity index is 897. The highest BCUT2D eigenvalue weighted by atomic mass is 32.1. The van der Waals surface area contributed by atoms with Crippen LogP contribution in [0.3, 0.4) is 0 Å². The Kier molecular flexibility index (Phi) is 5.06. The molecule has 5 nitrogen and oxygen atoms in total. The fraction of sp³-hybridized carbons (Fsp3) is 0. The van der Waals surface area contributed by atoms with Crippen molar-refractivity contribution in [1.29, 1.82) is 0 Å². The Morgan fingerprint density at radius 1 is 0.800 bits per heavy atom. The van der Waals surface area contributed by atoms with Crippen molar-refractivity contribution in [2.75, 3.05) is 16.0 Å². The number of benzene rings is 2. The molecule has 0 unspecified atom stereocenters. The van der Waals surface area contributed by atoms with E-state index in [0.717, 1.165) is 0 Å². The molecule has 0 atom stereocenters. The lowest BCUT2D eigenvalue weighted by atomic mass is 10.2. The summed E-state index contributed by atoms with van der Waals surface area (Å²) in [6.07, 6.45) is 0. The van der Waals surface area contributed by atoms with E-state index in [0.29, 0.717) is 16.4 Å². The number of para-hydroxylation sites is 2. The van der Waals surface area contributed by atoms with Gasteiger partial charge in [-0.25, -0.2) is 9.18 Å². The van der Waals surface area contributed by atoms with Crippen molar-refractivity contribution in [2.45, 2.75) is 0 Å². The molecule has 0 saturated heterocycles. The highest BCUT2D eigenvalue weighted by Gasteiger charge is 2.14. The number of carbonyl (C=O) groups excluding carboxylic acids is 2. The molecule has 7 heteroatoms. The quantitative estimate of drug-likeness (QED) is 0.630. The molecule has 0 saturated carbocycles. The third kappa shape index (κ3) is 4.21. The van der Waals surface area contributed by atoms with E-state index >= 15 is 0 Å². The van der Waals surface area contributed by atoms with E-state index in [1.807, 2.05) is 11.4 Å². The average molecular weight is 355 g/mol. The maximum atomic E-state index is 13.7. The third-order valence-corrected chi connectivity index (χ3v) is 4.09. The second-order valence-electron chi connectivity index (χ2n) is 5.04. The van der Waals surface area contributed by atoms with Gasteiger partial charge in [0.25, 0.3) is 5.91 Å². The number of urea groups is 1. The number of hydrogen-bond donors (Lipinski definition) is 3. The summed E-state index contributed by atoms with van der Waals surface area (Å²) < 4.78 is 13.7. The first-order valence-corrected chi connectivity index (χ1v) is 8.28. The van der Waals surface area contributed by atoms with Gasteiger partial charge in [-0.1, -0.05) is 24.3 Å². The Hall–Kier alpha value is -3.19. The van der Waals surface area contributed by atoms with Gasteiger partial charge in [0.15, 0.2) is 0 Å². The normalized spacial score (nSPS) is 10.1. The van der Waals surface area contributed by atoms with Crippen LogP contribution in [0.5, 0.6) is 0 Å². The van der Waals surface area contributed by atoms with Crippen LogP contribution in [0.1, 0.15) is 10.4 Å². The van der Waals surface area contributed by atoms with Gasteiger partial charge in [0, 0.05) is 0 Å². The Balaban J connectivity index is 1.73. The first-order valence-electron chi connectivity index (χ1n) is 7.40. The summed E-state index contributed by atoms with van der Waals surface area (Å²) in [6.45, 7) is 0. The molecule has 3 amide bonds.